The van der Waals surface area contributed by atoms with Crippen LogP contribution in [-0.4, -0.2) is 57.2 Å². The average molecular weight is 441 g/mol. The Morgan fingerprint density at radius 3 is 2.41 bits per heavy atom. The molecule has 1 saturated heterocycles. The molecule has 2 aromatic rings. The molecule has 0 spiro atoms. The smallest absolute Gasteiger partial charge is 0.260 e. The number of nitrogens with zero attached hydrogens (tertiary/aromatic N) is 1. The van der Waals surface area contributed by atoms with Crippen LogP contribution in [0, 0.1) is 19.8 Å². The first-order valence-corrected chi connectivity index (χ1v) is 10.9. The van der Waals surface area contributed by atoms with Gasteiger partial charge < -0.3 is 24.4 Å². The van der Waals surface area contributed by atoms with Gasteiger partial charge in [0.05, 0.1) is 14.2 Å². The van der Waals surface area contributed by atoms with Gasteiger partial charge in [0, 0.05) is 25.2 Å². The molecule has 1 aliphatic rings. The maximum absolute atomic E-state index is 12.5. The summed E-state index contributed by atoms with van der Waals surface area (Å²) in [5.41, 5.74) is 2.73. The van der Waals surface area contributed by atoms with Gasteiger partial charge in [-0.05, 0) is 68.0 Å². The number of hydrogen-bond acceptors (Lipinski definition) is 5. The van der Waals surface area contributed by atoms with Crippen molar-refractivity contribution in [3.05, 3.63) is 53.1 Å². The van der Waals surface area contributed by atoms with Gasteiger partial charge in [-0.3, -0.25) is 9.59 Å². The maximum atomic E-state index is 12.5. The summed E-state index contributed by atoms with van der Waals surface area (Å²) < 4.78 is 16.2. The highest BCUT2D eigenvalue weighted by atomic mass is 16.5. The molecule has 7 nitrogen and oxygen atoms in total. The summed E-state index contributed by atoms with van der Waals surface area (Å²) in [5, 5.41) is 3.00. The minimum Gasteiger partial charge on any atom is -0.493 e. The lowest BCUT2D eigenvalue weighted by atomic mass is 9.96. The summed E-state index contributed by atoms with van der Waals surface area (Å²) in [7, 11) is 3.10. The van der Waals surface area contributed by atoms with E-state index in [9.17, 15) is 9.59 Å². The van der Waals surface area contributed by atoms with Crippen LogP contribution in [0.15, 0.2) is 36.4 Å². The summed E-state index contributed by atoms with van der Waals surface area (Å²) in [6.45, 7) is 5.99. The third-order valence-corrected chi connectivity index (χ3v) is 6.07. The second-order valence-electron chi connectivity index (χ2n) is 8.09. The van der Waals surface area contributed by atoms with Crippen molar-refractivity contribution in [1.82, 2.24) is 10.2 Å². The van der Waals surface area contributed by atoms with E-state index in [1.54, 1.807) is 32.4 Å². The molecule has 0 aliphatic carbocycles. The maximum Gasteiger partial charge on any atom is 0.260 e. The molecule has 0 saturated carbocycles. The number of likely N-dealkylation sites (tertiary alicyclic amines) is 1. The van der Waals surface area contributed by atoms with Crippen LogP contribution in [0.2, 0.25) is 0 Å². The van der Waals surface area contributed by atoms with Crippen molar-refractivity contribution in [2.24, 2.45) is 5.92 Å². The zero-order valence-corrected chi connectivity index (χ0v) is 19.3. The predicted octanol–water partition coefficient (Wildman–Crippen LogP) is 3.37. The van der Waals surface area contributed by atoms with Crippen LogP contribution in [0.3, 0.4) is 0 Å². The average Bonchev–Trinajstić information content (AvgIpc) is 2.83. The molecule has 7 heteroatoms. The molecular formula is C25H32N2O5. The molecule has 0 aromatic heterocycles. The lowest BCUT2D eigenvalue weighted by Gasteiger charge is -2.32. The number of benzene rings is 2. The number of nitrogens with one attached hydrogen (secondary N) is 1. The van der Waals surface area contributed by atoms with E-state index in [4.69, 9.17) is 14.2 Å². The second-order valence-corrected chi connectivity index (χ2v) is 8.09. The van der Waals surface area contributed by atoms with Crippen molar-refractivity contribution in [1.29, 1.82) is 0 Å². The number of piperidine rings is 1. The van der Waals surface area contributed by atoms with Gasteiger partial charge in [-0.1, -0.05) is 12.1 Å². The Balaban J connectivity index is 1.43. The van der Waals surface area contributed by atoms with Crippen molar-refractivity contribution in [3.63, 3.8) is 0 Å². The van der Waals surface area contributed by atoms with Crippen LogP contribution in [-0.2, 0) is 4.79 Å². The lowest BCUT2D eigenvalue weighted by Crippen LogP contribution is -2.43. The van der Waals surface area contributed by atoms with Crippen LogP contribution in [0.5, 0.6) is 17.2 Å². The summed E-state index contributed by atoms with van der Waals surface area (Å²) in [4.78, 5) is 26.9. The first-order valence-electron chi connectivity index (χ1n) is 10.9. The number of amides is 2. The molecule has 0 radical (unpaired) electrons. The molecule has 0 unspecified atom stereocenters. The fourth-order valence-corrected chi connectivity index (χ4v) is 3.81. The predicted molar refractivity (Wildman–Crippen MR) is 123 cm³/mol. The first-order chi connectivity index (χ1) is 15.4. The van der Waals surface area contributed by atoms with Gasteiger partial charge in [0.25, 0.3) is 11.8 Å². The Kier molecular flexibility index (Phi) is 7.98. The Morgan fingerprint density at radius 2 is 1.72 bits per heavy atom. The molecule has 1 aliphatic heterocycles. The zero-order valence-electron chi connectivity index (χ0n) is 19.3. The van der Waals surface area contributed by atoms with Crippen molar-refractivity contribution in [3.8, 4) is 17.2 Å². The standard InChI is InChI=1S/C25H32N2O5/c1-17-6-5-7-21(18(17)2)32-16-24(28)27-12-10-19(11-13-27)15-26-25(29)20-8-9-22(30-3)23(14-20)31-4/h5-9,14,19H,10-13,15-16H2,1-4H3,(H,26,29). The molecule has 2 aromatic carbocycles. The van der Waals surface area contributed by atoms with Crippen LogP contribution in [0.25, 0.3) is 0 Å². The minimum atomic E-state index is -0.147. The van der Waals surface area contributed by atoms with E-state index in [-0.39, 0.29) is 18.4 Å². The van der Waals surface area contributed by atoms with E-state index in [0.717, 1.165) is 29.7 Å². The molecule has 1 N–H and O–H groups in total. The van der Waals surface area contributed by atoms with E-state index in [0.29, 0.717) is 42.6 Å². The van der Waals surface area contributed by atoms with Crippen molar-refractivity contribution >= 4 is 11.8 Å². The Labute approximate surface area is 189 Å². The van der Waals surface area contributed by atoms with Gasteiger partial charge in [-0.25, -0.2) is 0 Å². The highest BCUT2D eigenvalue weighted by Gasteiger charge is 2.24. The Hall–Kier alpha value is -3.22. The monoisotopic (exact) mass is 440 g/mol. The van der Waals surface area contributed by atoms with Crippen molar-refractivity contribution in [2.45, 2.75) is 26.7 Å². The van der Waals surface area contributed by atoms with Crippen molar-refractivity contribution < 1.29 is 23.8 Å². The number of aryl methyl sites for hydroxylation is 1. The fraction of sp³-hybridized carbons (Fsp3) is 0.440. The summed E-state index contributed by atoms with van der Waals surface area (Å²) in [6.07, 6.45) is 1.70. The summed E-state index contributed by atoms with van der Waals surface area (Å²) in [5.74, 6) is 2.05. The fourth-order valence-electron chi connectivity index (χ4n) is 3.81. The minimum absolute atomic E-state index is 0.00119. The van der Waals surface area contributed by atoms with Crippen molar-refractivity contribution in [2.75, 3.05) is 40.5 Å². The summed E-state index contributed by atoms with van der Waals surface area (Å²) >= 11 is 0. The number of ether oxygens (including phenoxy) is 3. The van der Waals surface area contributed by atoms with Crippen LogP contribution >= 0.6 is 0 Å². The molecule has 0 atom stereocenters. The molecule has 32 heavy (non-hydrogen) atoms. The Morgan fingerprint density at radius 1 is 1.00 bits per heavy atom. The van der Waals surface area contributed by atoms with E-state index in [2.05, 4.69) is 5.32 Å². The molecule has 172 valence electrons. The molecule has 2 amide bonds. The van der Waals surface area contributed by atoms with E-state index in [1.165, 1.54) is 0 Å². The number of hydrogen-bond donors (Lipinski definition) is 1. The number of carbonyl (C=O) groups is 2. The summed E-state index contributed by atoms with van der Waals surface area (Å²) in [6, 6.07) is 11.0. The number of rotatable bonds is 8. The van der Waals surface area contributed by atoms with Gasteiger partial charge in [0.1, 0.15) is 5.75 Å². The Bertz CT molecular complexity index is 951. The van der Waals surface area contributed by atoms with Gasteiger partial charge in [-0.2, -0.15) is 0 Å². The highest BCUT2D eigenvalue weighted by Crippen LogP contribution is 2.27. The molecule has 1 fully saturated rings. The van der Waals surface area contributed by atoms with Gasteiger partial charge in [0.15, 0.2) is 18.1 Å². The first kappa shape index (κ1) is 23.4. The van der Waals surface area contributed by atoms with Crippen LogP contribution in [0.1, 0.15) is 34.3 Å². The lowest BCUT2D eigenvalue weighted by molar-refractivity contribution is -0.134. The molecule has 0 bridgehead atoms. The van der Waals surface area contributed by atoms with Crippen LogP contribution in [0.4, 0.5) is 0 Å². The highest BCUT2D eigenvalue weighted by molar-refractivity contribution is 5.94. The van der Waals surface area contributed by atoms with E-state index in [1.807, 2.05) is 36.9 Å². The SMILES string of the molecule is COc1ccc(C(=O)NCC2CCN(C(=O)COc3cccc(C)c3C)CC2)cc1OC. The normalized spacial score (nSPS) is 14.1. The molecule has 3 rings (SSSR count). The van der Waals surface area contributed by atoms with E-state index < -0.39 is 0 Å². The van der Waals surface area contributed by atoms with E-state index >= 15 is 0 Å². The van der Waals surface area contributed by atoms with Gasteiger partial charge in [0.2, 0.25) is 0 Å². The molecule has 1 heterocycles. The number of methoxy groups -OCH3 is 2. The topological polar surface area (TPSA) is 77.1 Å². The zero-order chi connectivity index (χ0) is 23.1. The van der Waals surface area contributed by atoms with Crippen LogP contribution < -0.4 is 19.5 Å². The third kappa shape index (κ3) is 5.72. The molecular weight excluding hydrogens is 408 g/mol. The quantitative estimate of drug-likeness (QED) is 0.681. The van der Waals surface area contributed by atoms with Gasteiger partial charge >= 0.3 is 0 Å². The number of carbonyl (C=O) groups excluding carboxylic acids is 2. The van der Waals surface area contributed by atoms with Gasteiger partial charge in [-0.15, -0.1) is 0 Å². The second kappa shape index (κ2) is 10.9. The largest absolute Gasteiger partial charge is 0.493 e. The third-order valence-electron chi connectivity index (χ3n) is 6.07.